The number of hydrogen-bond acceptors (Lipinski definition) is 3. The Bertz CT molecular complexity index is 219. The molecule has 1 atom stereocenters. The molecule has 0 aromatic heterocycles. The Labute approximate surface area is 72.4 Å². The summed E-state index contributed by atoms with van der Waals surface area (Å²) in [7, 11) is 0. The lowest BCUT2D eigenvalue weighted by atomic mass is 9.87. The number of ether oxygens (including phenoxy) is 2. The normalized spacial score (nSPS) is 30.0. The van der Waals surface area contributed by atoms with Gasteiger partial charge >= 0.3 is 5.97 Å². The van der Waals surface area contributed by atoms with Gasteiger partial charge in [0.05, 0.1) is 0 Å². The topological polar surface area (TPSA) is 35.5 Å². The smallest absolute Gasteiger partial charge is 0.376 e. The Balaban J connectivity index is 2.91. The minimum absolute atomic E-state index is 0.0902. The zero-order valence-electron chi connectivity index (χ0n) is 7.93. The first-order valence-corrected chi connectivity index (χ1v) is 3.87. The Hall–Kier alpha value is -0.990. The third kappa shape index (κ3) is 1.19. The van der Waals surface area contributed by atoms with E-state index in [-0.39, 0.29) is 11.2 Å². The molecule has 1 unspecified atom stereocenters. The van der Waals surface area contributed by atoms with Gasteiger partial charge in [0.15, 0.2) is 0 Å². The second kappa shape index (κ2) is 2.25. The lowest BCUT2D eigenvalue weighted by Crippen LogP contribution is -2.40. The lowest BCUT2D eigenvalue weighted by molar-refractivity contribution is -0.204. The molecule has 0 aromatic carbocycles. The zero-order valence-corrected chi connectivity index (χ0v) is 7.93. The molecule has 68 valence electrons. The van der Waals surface area contributed by atoms with Crippen LogP contribution in [0.25, 0.3) is 0 Å². The zero-order chi connectivity index (χ0) is 9.57. The van der Waals surface area contributed by atoms with E-state index in [1.807, 2.05) is 20.8 Å². The fourth-order valence-corrected chi connectivity index (χ4v) is 0.838. The van der Waals surface area contributed by atoms with Crippen molar-refractivity contribution in [3.63, 3.8) is 0 Å². The van der Waals surface area contributed by atoms with E-state index in [0.29, 0.717) is 0 Å². The van der Waals surface area contributed by atoms with Crippen LogP contribution in [0.1, 0.15) is 27.7 Å². The van der Waals surface area contributed by atoms with Crippen LogP contribution in [0, 0.1) is 5.41 Å². The summed E-state index contributed by atoms with van der Waals surface area (Å²) in [5.41, 5.74) is -0.248. The standard InChI is InChI=1S/C9H14O3/c1-6-7(10)12-9(5,11-6)8(2,3)4/h1H2,2-5H3. The van der Waals surface area contributed by atoms with E-state index >= 15 is 0 Å². The molecule has 0 aliphatic carbocycles. The Kier molecular flexibility index (Phi) is 1.71. The van der Waals surface area contributed by atoms with Crippen LogP contribution >= 0.6 is 0 Å². The molecule has 1 fully saturated rings. The maximum absolute atomic E-state index is 11.0. The molecule has 0 amide bonds. The quantitative estimate of drug-likeness (QED) is 0.411. The molecule has 0 spiro atoms. The summed E-state index contributed by atoms with van der Waals surface area (Å²) in [6, 6.07) is 0. The summed E-state index contributed by atoms with van der Waals surface area (Å²) in [6.07, 6.45) is 0. The molecule has 0 N–H and O–H groups in total. The minimum Gasteiger partial charge on any atom is -0.445 e. The highest BCUT2D eigenvalue weighted by Gasteiger charge is 2.49. The number of carbonyl (C=O) groups excluding carboxylic acids is 1. The van der Waals surface area contributed by atoms with Crippen molar-refractivity contribution in [2.24, 2.45) is 5.41 Å². The summed E-state index contributed by atoms with van der Waals surface area (Å²) >= 11 is 0. The van der Waals surface area contributed by atoms with Crippen molar-refractivity contribution in [1.29, 1.82) is 0 Å². The highest BCUT2D eigenvalue weighted by Crippen LogP contribution is 2.40. The average Bonchev–Trinajstić information content (AvgIpc) is 2.06. The van der Waals surface area contributed by atoms with Gasteiger partial charge in [-0.2, -0.15) is 0 Å². The van der Waals surface area contributed by atoms with Crippen LogP contribution in [-0.4, -0.2) is 11.8 Å². The van der Waals surface area contributed by atoms with Crippen molar-refractivity contribution in [1.82, 2.24) is 0 Å². The molecule has 0 bridgehead atoms. The van der Waals surface area contributed by atoms with Crippen LogP contribution in [0.5, 0.6) is 0 Å². The van der Waals surface area contributed by atoms with Gasteiger partial charge in [-0.25, -0.2) is 4.79 Å². The van der Waals surface area contributed by atoms with E-state index in [1.165, 1.54) is 0 Å². The van der Waals surface area contributed by atoms with Gasteiger partial charge in [-0.05, 0) is 6.58 Å². The molecule has 0 radical (unpaired) electrons. The predicted molar refractivity (Wildman–Crippen MR) is 44.2 cm³/mol. The molecular formula is C9H14O3. The summed E-state index contributed by atoms with van der Waals surface area (Å²) in [4.78, 5) is 11.0. The number of esters is 1. The SMILES string of the molecule is C=C1OC(C)(C(C)(C)C)OC1=O. The van der Waals surface area contributed by atoms with Crippen molar-refractivity contribution in [2.75, 3.05) is 0 Å². The van der Waals surface area contributed by atoms with Crippen molar-refractivity contribution in [2.45, 2.75) is 33.5 Å². The minimum atomic E-state index is -0.874. The molecule has 1 saturated heterocycles. The Morgan fingerprint density at radius 3 is 2.00 bits per heavy atom. The molecule has 1 aliphatic rings. The number of rotatable bonds is 0. The summed E-state index contributed by atoms with van der Waals surface area (Å²) < 4.78 is 10.3. The summed E-state index contributed by atoms with van der Waals surface area (Å²) in [6.45, 7) is 11.0. The van der Waals surface area contributed by atoms with E-state index in [0.717, 1.165) is 0 Å². The van der Waals surface area contributed by atoms with Crippen LogP contribution in [0.15, 0.2) is 12.3 Å². The number of carbonyl (C=O) groups is 1. The summed E-state index contributed by atoms with van der Waals surface area (Å²) in [5.74, 6) is -1.25. The monoisotopic (exact) mass is 170 g/mol. The van der Waals surface area contributed by atoms with Crippen molar-refractivity contribution in [3.8, 4) is 0 Å². The third-order valence-corrected chi connectivity index (χ3v) is 2.20. The largest absolute Gasteiger partial charge is 0.445 e. The Morgan fingerprint density at radius 1 is 1.33 bits per heavy atom. The molecule has 0 saturated carbocycles. The van der Waals surface area contributed by atoms with Gasteiger partial charge in [-0.1, -0.05) is 20.8 Å². The molecular weight excluding hydrogens is 156 g/mol. The number of cyclic esters (lactones) is 1. The molecule has 12 heavy (non-hydrogen) atoms. The van der Waals surface area contributed by atoms with Crippen molar-refractivity contribution >= 4 is 5.97 Å². The van der Waals surface area contributed by atoms with Gasteiger partial charge < -0.3 is 9.47 Å². The van der Waals surface area contributed by atoms with E-state index < -0.39 is 11.8 Å². The fraction of sp³-hybridized carbons (Fsp3) is 0.667. The first-order chi connectivity index (χ1) is 5.26. The second-order valence-corrected chi connectivity index (χ2v) is 4.11. The Morgan fingerprint density at radius 2 is 1.83 bits per heavy atom. The van der Waals surface area contributed by atoms with Gasteiger partial charge in [-0.15, -0.1) is 0 Å². The molecule has 3 heteroatoms. The fourth-order valence-electron chi connectivity index (χ4n) is 0.838. The van der Waals surface area contributed by atoms with Crippen LogP contribution < -0.4 is 0 Å². The molecule has 1 rings (SSSR count). The molecule has 1 heterocycles. The second-order valence-electron chi connectivity index (χ2n) is 4.11. The van der Waals surface area contributed by atoms with E-state index in [2.05, 4.69) is 6.58 Å². The number of hydrogen-bond donors (Lipinski definition) is 0. The highest BCUT2D eigenvalue weighted by molar-refractivity contribution is 5.87. The van der Waals surface area contributed by atoms with Gasteiger partial charge in [0.2, 0.25) is 5.76 Å². The first-order valence-electron chi connectivity index (χ1n) is 3.87. The third-order valence-electron chi connectivity index (χ3n) is 2.20. The summed E-state index contributed by atoms with van der Waals surface area (Å²) in [5, 5.41) is 0. The van der Waals surface area contributed by atoms with E-state index in [9.17, 15) is 4.79 Å². The van der Waals surface area contributed by atoms with Gasteiger partial charge in [0.1, 0.15) is 0 Å². The van der Waals surface area contributed by atoms with Crippen molar-refractivity contribution < 1.29 is 14.3 Å². The van der Waals surface area contributed by atoms with Gasteiger partial charge in [0, 0.05) is 12.3 Å². The molecule has 0 aromatic rings. The van der Waals surface area contributed by atoms with E-state index in [4.69, 9.17) is 9.47 Å². The highest BCUT2D eigenvalue weighted by atomic mass is 16.8. The molecule has 3 nitrogen and oxygen atoms in total. The van der Waals surface area contributed by atoms with Gasteiger partial charge in [-0.3, -0.25) is 0 Å². The first kappa shape index (κ1) is 9.10. The lowest BCUT2D eigenvalue weighted by Gasteiger charge is -2.34. The predicted octanol–water partition coefficient (Wildman–Crippen LogP) is 1.84. The van der Waals surface area contributed by atoms with Crippen molar-refractivity contribution in [3.05, 3.63) is 12.3 Å². The van der Waals surface area contributed by atoms with Crippen LogP contribution in [0.3, 0.4) is 0 Å². The van der Waals surface area contributed by atoms with Crippen LogP contribution in [0.4, 0.5) is 0 Å². The maximum atomic E-state index is 11.0. The average molecular weight is 170 g/mol. The van der Waals surface area contributed by atoms with E-state index in [1.54, 1.807) is 6.92 Å². The maximum Gasteiger partial charge on any atom is 0.376 e. The molecule has 1 aliphatic heterocycles. The van der Waals surface area contributed by atoms with Crippen LogP contribution in [-0.2, 0) is 14.3 Å². The van der Waals surface area contributed by atoms with Crippen LogP contribution in [0.2, 0.25) is 0 Å². The van der Waals surface area contributed by atoms with Gasteiger partial charge in [0.25, 0.3) is 5.79 Å².